The highest BCUT2D eigenvalue weighted by Gasteiger charge is 2.45. The molecule has 7 nitrogen and oxygen atoms in total. The maximum Gasteiger partial charge on any atom is 0.410 e. The fraction of sp³-hybridized carbons (Fsp3) is 0.767. The average Bonchev–Trinajstić information content (AvgIpc) is 3.15. The van der Waals surface area contributed by atoms with Crippen LogP contribution in [0.5, 0.6) is 5.75 Å². The molecule has 3 aliphatic heterocycles. The highest BCUT2D eigenvalue weighted by atomic mass is 16.6. The molecule has 3 heterocycles. The molecular weight excluding hydrogens is 468 g/mol. The van der Waals surface area contributed by atoms with Crippen molar-refractivity contribution in [2.24, 2.45) is 0 Å². The Morgan fingerprint density at radius 1 is 0.892 bits per heavy atom. The smallest absolute Gasteiger partial charge is 0.410 e. The van der Waals surface area contributed by atoms with Crippen LogP contribution in [0.3, 0.4) is 0 Å². The number of amides is 1. The molecule has 1 amide bonds. The number of rotatable bonds is 7. The monoisotopic (exact) mass is 514 g/mol. The van der Waals surface area contributed by atoms with E-state index in [0.717, 1.165) is 96.4 Å². The summed E-state index contributed by atoms with van der Waals surface area (Å²) in [6, 6.07) is 9.20. The molecule has 2 bridgehead atoms. The molecule has 7 heteroatoms. The molecule has 1 saturated carbocycles. The molecule has 3 atom stereocenters. The first-order valence-electron chi connectivity index (χ1n) is 14.5. The van der Waals surface area contributed by atoms with Crippen LogP contribution in [0.1, 0.15) is 77.7 Å². The van der Waals surface area contributed by atoms with Gasteiger partial charge in [0.1, 0.15) is 11.4 Å². The molecule has 37 heavy (non-hydrogen) atoms. The number of hydrogen-bond donors (Lipinski definition) is 0. The van der Waals surface area contributed by atoms with E-state index < -0.39 is 5.60 Å². The summed E-state index contributed by atoms with van der Waals surface area (Å²) < 4.78 is 24.0. The number of piperidine rings is 1. The fourth-order valence-electron chi connectivity index (χ4n) is 6.45. The Morgan fingerprint density at radius 2 is 1.51 bits per heavy atom. The lowest BCUT2D eigenvalue weighted by atomic mass is 9.93. The zero-order valence-electron chi connectivity index (χ0n) is 23.0. The molecule has 0 radical (unpaired) electrons. The molecule has 1 unspecified atom stereocenters. The van der Waals surface area contributed by atoms with Gasteiger partial charge in [-0.2, -0.15) is 0 Å². The predicted molar refractivity (Wildman–Crippen MR) is 143 cm³/mol. The van der Waals surface area contributed by atoms with E-state index in [-0.39, 0.29) is 30.4 Å². The summed E-state index contributed by atoms with van der Waals surface area (Å²) in [5, 5.41) is 0. The van der Waals surface area contributed by atoms with Crippen LogP contribution in [-0.4, -0.2) is 84.7 Å². The summed E-state index contributed by atoms with van der Waals surface area (Å²) in [6.45, 7) is 10.7. The fourth-order valence-corrected chi connectivity index (χ4v) is 6.45. The largest absolute Gasteiger partial charge is 0.490 e. The first kappa shape index (κ1) is 26.8. The maximum atomic E-state index is 12.7. The Labute approximate surface area is 222 Å². The van der Waals surface area contributed by atoms with E-state index in [1.807, 2.05) is 25.7 Å². The zero-order chi connectivity index (χ0) is 25.8. The highest BCUT2D eigenvalue weighted by Crippen LogP contribution is 2.39. The predicted octanol–water partition coefficient (Wildman–Crippen LogP) is 5.20. The van der Waals surface area contributed by atoms with E-state index in [9.17, 15) is 4.79 Å². The van der Waals surface area contributed by atoms with Gasteiger partial charge in [0.05, 0.1) is 31.5 Å². The van der Waals surface area contributed by atoms with Gasteiger partial charge in [-0.25, -0.2) is 4.79 Å². The number of ether oxygens (including phenoxy) is 4. The Hall–Kier alpha value is -1.83. The van der Waals surface area contributed by atoms with Gasteiger partial charge >= 0.3 is 6.09 Å². The Kier molecular flexibility index (Phi) is 8.62. The van der Waals surface area contributed by atoms with Gasteiger partial charge in [-0.15, -0.1) is 0 Å². The van der Waals surface area contributed by atoms with Crippen LogP contribution in [0.4, 0.5) is 4.79 Å². The van der Waals surface area contributed by atoms with Crippen molar-refractivity contribution in [1.82, 2.24) is 9.80 Å². The molecule has 0 aromatic heterocycles. The molecule has 1 aromatic carbocycles. The van der Waals surface area contributed by atoms with Crippen LogP contribution in [0, 0.1) is 0 Å². The maximum absolute atomic E-state index is 12.7. The van der Waals surface area contributed by atoms with Crippen molar-refractivity contribution in [1.29, 1.82) is 0 Å². The molecule has 5 rings (SSSR count). The number of nitrogens with zero attached hydrogens (tertiary/aromatic N) is 2. The second kappa shape index (κ2) is 11.9. The van der Waals surface area contributed by atoms with Gasteiger partial charge in [0.15, 0.2) is 0 Å². The van der Waals surface area contributed by atoms with Crippen molar-refractivity contribution in [2.45, 2.75) is 115 Å². The van der Waals surface area contributed by atoms with Crippen LogP contribution >= 0.6 is 0 Å². The van der Waals surface area contributed by atoms with E-state index in [1.165, 1.54) is 5.56 Å². The lowest BCUT2D eigenvalue weighted by molar-refractivity contribution is -0.0812. The first-order valence-corrected chi connectivity index (χ1v) is 14.5. The topological polar surface area (TPSA) is 60.5 Å². The van der Waals surface area contributed by atoms with Crippen molar-refractivity contribution >= 4 is 6.09 Å². The van der Waals surface area contributed by atoms with Crippen molar-refractivity contribution < 1.29 is 23.7 Å². The third kappa shape index (κ3) is 7.39. The van der Waals surface area contributed by atoms with Gasteiger partial charge in [0.2, 0.25) is 0 Å². The van der Waals surface area contributed by atoms with Gasteiger partial charge in [-0.3, -0.25) is 4.90 Å². The third-order valence-electron chi connectivity index (χ3n) is 8.35. The van der Waals surface area contributed by atoms with Gasteiger partial charge in [0.25, 0.3) is 0 Å². The standard InChI is InChI=1S/C30H46N2O5/c1-30(2,3)37-29(33)32-23-6-7-24(32)21-28(20-23)36-27-12-10-26(11-13-27)35-25-8-4-22(5-9-25)14-15-31-16-18-34-19-17-31/h4-5,8-9,23-24,26-28H,6-7,10-21H2,1-3H3/t23-,24+,26?,27?,28?. The minimum atomic E-state index is -0.449. The normalized spacial score (nSPS) is 30.8. The second-order valence-electron chi connectivity index (χ2n) is 12.4. The summed E-state index contributed by atoms with van der Waals surface area (Å²) >= 11 is 0. The van der Waals surface area contributed by atoms with E-state index in [1.54, 1.807) is 0 Å². The summed E-state index contributed by atoms with van der Waals surface area (Å²) in [7, 11) is 0. The summed E-state index contributed by atoms with van der Waals surface area (Å²) in [5.74, 6) is 0.977. The zero-order valence-corrected chi connectivity index (χ0v) is 23.0. The van der Waals surface area contributed by atoms with Crippen LogP contribution in [-0.2, 0) is 20.6 Å². The molecule has 4 fully saturated rings. The second-order valence-corrected chi connectivity index (χ2v) is 12.4. The van der Waals surface area contributed by atoms with Gasteiger partial charge in [-0.05, 0) is 96.3 Å². The minimum Gasteiger partial charge on any atom is -0.490 e. The number of morpholine rings is 1. The SMILES string of the molecule is CC(C)(C)OC(=O)N1[C@@H]2CC[C@H]1CC(OC1CCC(Oc3ccc(CCN4CCOCC4)cc3)CC1)C2. The minimum absolute atomic E-state index is 0.152. The molecule has 1 aliphatic carbocycles. The molecule has 4 aliphatic rings. The van der Waals surface area contributed by atoms with E-state index in [2.05, 4.69) is 29.2 Å². The quantitative estimate of drug-likeness (QED) is 0.499. The summed E-state index contributed by atoms with van der Waals surface area (Å²) in [4.78, 5) is 17.2. The van der Waals surface area contributed by atoms with Crippen molar-refractivity contribution in [3.63, 3.8) is 0 Å². The van der Waals surface area contributed by atoms with E-state index in [0.29, 0.717) is 6.10 Å². The van der Waals surface area contributed by atoms with Gasteiger partial charge in [0, 0.05) is 31.7 Å². The van der Waals surface area contributed by atoms with Crippen LogP contribution < -0.4 is 4.74 Å². The first-order chi connectivity index (χ1) is 17.8. The summed E-state index contributed by atoms with van der Waals surface area (Å²) in [6.07, 6.45) is 9.91. The molecule has 1 aromatic rings. The molecule has 0 N–H and O–H groups in total. The molecule has 206 valence electrons. The van der Waals surface area contributed by atoms with Crippen LogP contribution in [0.15, 0.2) is 24.3 Å². The van der Waals surface area contributed by atoms with Crippen molar-refractivity contribution in [3.05, 3.63) is 29.8 Å². The third-order valence-corrected chi connectivity index (χ3v) is 8.35. The van der Waals surface area contributed by atoms with Crippen molar-refractivity contribution in [2.75, 3.05) is 32.8 Å². The lowest BCUT2D eigenvalue weighted by Gasteiger charge is -2.41. The number of hydrogen-bond acceptors (Lipinski definition) is 6. The average molecular weight is 515 g/mol. The van der Waals surface area contributed by atoms with Crippen LogP contribution in [0.25, 0.3) is 0 Å². The summed E-state index contributed by atoms with van der Waals surface area (Å²) in [5.41, 5.74) is 0.915. The number of fused-ring (bicyclic) bond motifs is 2. The lowest BCUT2D eigenvalue weighted by Crippen LogP contribution is -2.50. The Morgan fingerprint density at radius 3 is 2.14 bits per heavy atom. The van der Waals surface area contributed by atoms with Crippen molar-refractivity contribution in [3.8, 4) is 5.75 Å². The highest BCUT2D eigenvalue weighted by molar-refractivity contribution is 5.69. The van der Waals surface area contributed by atoms with Gasteiger partial charge < -0.3 is 23.8 Å². The van der Waals surface area contributed by atoms with Crippen LogP contribution in [0.2, 0.25) is 0 Å². The Bertz CT molecular complexity index is 857. The van der Waals surface area contributed by atoms with E-state index in [4.69, 9.17) is 18.9 Å². The molecule has 3 saturated heterocycles. The van der Waals surface area contributed by atoms with Gasteiger partial charge in [-0.1, -0.05) is 12.1 Å². The van der Waals surface area contributed by atoms with E-state index >= 15 is 0 Å². The molecular formula is C30H46N2O5. The Balaban J connectivity index is 1.02. The number of benzene rings is 1. The molecule has 0 spiro atoms. The number of carbonyl (C=O) groups is 1. The number of carbonyl (C=O) groups excluding carboxylic acids is 1.